The first-order valence-electron chi connectivity index (χ1n) is 11.8. The summed E-state index contributed by atoms with van der Waals surface area (Å²) in [4.78, 5) is 0. The number of aryl methyl sites for hydroxylation is 1. The number of hydrogen-bond acceptors (Lipinski definition) is 6. The first-order valence-corrected chi connectivity index (χ1v) is 13.6. The molecule has 33 heavy (non-hydrogen) atoms. The predicted molar refractivity (Wildman–Crippen MR) is 142 cm³/mol. The fraction of sp³-hybridized carbons (Fsp3) is 0.444. The van der Waals surface area contributed by atoms with Gasteiger partial charge >= 0.3 is 0 Å². The number of nitriles is 1. The Balaban J connectivity index is 0.000000383. The van der Waals surface area contributed by atoms with E-state index < -0.39 is 0 Å². The molecule has 0 unspecified atom stereocenters. The van der Waals surface area contributed by atoms with Crippen LogP contribution in [0.25, 0.3) is 21.1 Å². The molecule has 0 bridgehead atoms. The Hall–Kier alpha value is -2.20. The van der Waals surface area contributed by atoms with Crippen molar-refractivity contribution in [3.05, 3.63) is 58.7 Å². The molecule has 4 rings (SSSR count). The number of nitrogens with one attached hydrogen (secondary N) is 1. The second-order valence-electron chi connectivity index (χ2n) is 8.70. The van der Waals surface area contributed by atoms with E-state index in [4.69, 9.17) is 0 Å². The van der Waals surface area contributed by atoms with Crippen LogP contribution in [0.1, 0.15) is 62.3 Å². The maximum absolute atomic E-state index is 9.51. The summed E-state index contributed by atoms with van der Waals surface area (Å²) in [6, 6.07) is 14.9. The van der Waals surface area contributed by atoms with Gasteiger partial charge in [0.15, 0.2) is 0 Å². The maximum atomic E-state index is 9.51. The second kappa shape index (κ2) is 12.9. The van der Waals surface area contributed by atoms with E-state index in [9.17, 15) is 5.26 Å². The highest BCUT2D eigenvalue weighted by atomic mass is 32.2. The molecule has 4 nitrogen and oxygen atoms in total. The molecule has 2 aromatic carbocycles. The van der Waals surface area contributed by atoms with E-state index in [2.05, 4.69) is 72.1 Å². The topological polar surface area (TPSA) is 61.6 Å². The predicted octanol–water partition coefficient (Wildman–Crippen LogP) is 7.09. The van der Waals surface area contributed by atoms with Crippen molar-refractivity contribution in [2.24, 2.45) is 5.92 Å². The molecule has 0 saturated heterocycles. The summed E-state index contributed by atoms with van der Waals surface area (Å²) in [5.41, 5.74) is 6.93. The van der Waals surface area contributed by atoms with Crippen LogP contribution in [0, 0.1) is 17.2 Å². The zero-order valence-electron chi connectivity index (χ0n) is 20.1. The van der Waals surface area contributed by atoms with Crippen molar-refractivity contribution in [2.45, 2.75) is 59.3 Å². The van der Waals surface area contributed by atoms with Gasteiger partial charge in [-0.15, -0.1) is 10.2 Å². The normalized spacial score (nSPS) is 12.2. The molecular formula is C27H34N4S2. The van der Waals surface area contributed by atoms with E-state index in [1.165, 1.54) is 41.7 Å². The summed E-state index contributed by atoms with van der Waals surface area (Å²) in [5.74, 6) is 1.77. The van der Waals surface area contributed by atoms with Gasteiger partial charge in [0.25, 0.3) is 0 Å². The average Bonchev–Trinajstić information content (AvgIpc) is 3.49. The van der Waals surface area contributed by atoms with Crippen molar-refractivity contribution in [2.75, 3.05) is 12.8 Å². The third-order valence-electron chi connectivity index (χ3n) is 5.65. The molecule has 3 aromatic rings. The number of fused-ring (bicyclic) bond motifs is 1. The van der Waals surface area contributed by atoms with Gasteiger partial charge in [0.2, 0.25) is 0 Å². The molecule has 1 heterocycles. The Morgan fingerprint density at radius 1 is 1.15 bits per heavy atom. The van der Waals surface area contributed by atoms with E-state index in [-0.39, 0.29) is 0 Å². The van der Waals surface area contributed by atoms with Gasteiger partial charge in [0.05, 0.1) is 11.6 Å². The fourth-order valence-electron chi connectivity index (χ4n) is 4.02. The minimum Gasteiger partial charge on any atom is -0.267 e. The van der Waals surface area contributed by atoms with Crippen molar-refractivity contribution in [3.8, 4) is 27.2 Å². The molecule has 0 aliphatic heterocycles. The molecule has 1 aliphatic carbocycles. The summed E-state index contributed by atoms with van der Waals surface area (Å²) in [7, 11) is 1.96. The van der Waals surface area contributed by atoms with Gasteiger partial charge in [-0.2, -0.15) is 5.26 Å². The Labute approximate surface area is 207 Å². The van der Waals surface area contributed by atoms with Crippen molar-refractivity contribution >= 4 is 23.3 Å². The Bertz CT molecular complexity index is 1080. The summed E-state index contributed by atoms with van der Waals surface area (Å²) in [6.07, 6.45) is 7.06. The third kappa shape index (κ3) is 6.89. The molecule has 0 radical (unpaired) electrons. The number of hydrogen-bond donors (Lipinski definition) is 1. The largest absolute Gasteiger partial charge is 0.267 e. The lowest BCUT2D eigenvalue weighted by molar-refractivity contribution is 0.646. The van der Waals surface area contributed by atoms with Gasteiger partial charge in [-0.05, 0) is 67.8 Å². The number of nitrogens with zero attached hydrogens (tertiary/aromatic N) is 3. The highest BCUT2D eigenvalue weighted by molar-refractivity contribution is 7.97. The fourth-order valence-corrected chi connectivity index (χ4v) is 5.55. The molecule has 1 N–H and O–H groups in total. The standard InChI is InChI=1S/C22H21N3S.C5H13NS/c1-14(2)11-16-9-10-17(12-18(16)13-23)21-24-25-22(26-21)20-8-4-6-15-5-3-7-19(15)20;1-3-4-5-7-6-2/h4,6,8-10,12,14H,3,5,7,11H2,1-2H3;6H,3-5H2,1-2H3. The Morgan fingerprint density at radius 3 is 2.70 bits per heavy atom. The molecule has 0 atom stereocenters. The number of unbranched alkanes of at least 4 members (excludes halogenated alkanes) is 1. The van der Waals surface area contributed by atoms with E-state index in [1.54, 1.807) is 23.3 Å². The molecule has 0 saturated carbocycles. The smallest absolute Gasteiger partial charge is 0.148 e. The zero-order chi connectivity index (χ0) is 23.6. The van der Waals surface area contributed by atoms with Crippen LogP contribution in [0.3, 0.4) is 0 Å². The maximum Gasteiger partial charge on any atom is 0.148 e. The zero-order valence-corrected chi connectivity index (χ0v) is 21.8. The highest BCUT2D eigenvalue weighted by Gasteiger charge is 2.18. The van der Waals surface area contributed by atoms with Crippen LogP contribution >= 0.6 is 23.3 Å². The van der Waals surface area contributed by atoms with Crippen molar-refractivity contribution in [1.82, 2.24) is 14.9 Å². The van der Waals surface area contributed by atoms with Crippen LogP contribution in [0.5, 0.6) is 0 Å². The van der Waals surface area contributed by atoms with Gasteiger partial charge in [-0.3, -0.25) is 4.72 Å². The molecule has 1 aromatic heterocycles. The van der Waals surface area contributed by atoms with Crippen molar-refractivity contribution in [1.29, 1.82) is 5.26 Å². The summed E-state index contributed by atoms with van der Waals surface area (Å²) >= 11 is 3.40. The van der Waals surface area contributed by atoms with Gasteiger partial charge in [0, 0.05) is 16.9 Å². The van der Waals surface area contributed by atoms with Gasteiger partial charge < -0.3 is 0 Å². The van der Waals surface area contributed by atoms with E-state index >= 15 is 0 Å². The Morgan fingerprint density at radius 2 is 1.97 bits per heavy atom. The lowest BCUT2D eigenvalue weighted by Crippen LogP contribution is -1.97. The SMILES string of the molecule is CC(C)Cc1ccc(-c2nnc(-c3cccc4c3CCC4)s2)cc1C#N.CCCCSNC. The van der Waals surface area contributed by atoms with Crippen LogP contribution in [0.4, 0.5) is 0 Å². The molecule has 0 spiro atoms. The first-order chi connectivity index (χ1) is 16.1. The van der Waals surface area contributed by atoms with Crippen LogP contribution in [-0.2, 0) is 19.3 Å². The molecule has 6 heteroatoms. The molecule has 174 valence electrons. The molecular weight excluding hydrogens is 444 g/mol. The van der Waals surface area contributed by atoms with Crippen molar-refractivity contribution in [3.63, 3.8) is 0 Å². The van der Waals surface area contributed by atoms with Crippen LogP contribution < -0.4 is 4.72 Å². The van der Waals surface area contributed by atoms with Crippen LogP contribution in [0.2, 0.25) is 0 Å². The van der Waals surface area contributed by atoms with E-state index in [1.807, 2.05) is 13.1 Å². The summed E-state index contributed by atoms with van der Waals surface area (Å²) in [5, 5.41) is 20.2. The lowest BCUT2D eigenvalue weighted by atomic mass is 9.97. The second-order valence-corrected chi connectivity index (χ2v) is 10.8. The summed E-state index contributed by atoms with van der Waals surface area (Å²) < 4.78 is 3.02. The number of rotatable bonds is 8. The van der Waals surface area contributed by atoms with Gasteiger partial charge in [-0.1, -0.05) is 80.8 Å². The average molecular weight is 479 g/mol. The highest BCUT2D eigenvalue weighted by Crippen LogP contribution is 2.36. The van der Waals surface area contributed by atoms with Crippen LogP contribution in [-0.4, -0.2) is 23.0 Å². The minimum absolute atomic E-state index is 0.529. The molecule has 0 amide bonds. The van der Waals surface area contributed by atoms with Crippen molar-refractivity contribution < 1.29 is 0 Å². The van der Waals surface area contributed by atoms with Crippen LogP contribution in [0.15, 0.2) is 36.4 Å². The molecule has 1 aliphatic rings. The van der Waals surface area contributed by atoms with Gasteiger partial charge in [0.1, 0.15) is 10.0 Å². The Kier molecular flexibility index (Phi) is 9.93. The monoisotopic (exact) mass is 478 g/mol. The first kappa shape index (κ1) is 25.4. The minimum atomic E-state index is 0.529. The van der Waals surface area contributed by atoms with E-state index in [0.717, 1.165) is 46.0 Å². The summed E-state index contributed by atoms with van der Waals surface area (Å²) in [6.45, 7) is 6.55. The third-order valence-corrected chi connectivity index (χ3v) is 7.44. The molecule has 0 fully saturated rings. The quantitative estimate of drug-likeness (QED) is 0.277. The lowest BCUT2D eigenvalue weighted by Gasteiger charge is -2.08. The van der Waals surface area contributed by atoms with Gasteiger partial charge in [-0.25, -0.2) is 0 Å². The number of benzene rings is 2. The van der Waals surface area contributed by atoms with E-state index in [0.29, 0.717) is 5.92 Å². The number of aromatic nitrogens is 2.